The van der Waals surface area contributed by atoms with Crippen molar-refractivity contribution in [2.45, 2.75) is 69.4 Å². The van der Waals surface area contributed by atoms with Crippen LogP contribution < -0.4 is 16.4 Å². The zero-order valence-corrected chi connectivity index (χ0v) is 29.2. The largest absolute Gasteiger partial charge is 0.418 e. The molecule has 1 aromatic heterocycles. The van der Waals surface area contributed by atoms with E-state index in [0.717, 1.165) is 60.6 Å². The summed E-state index contributed by atoms with van der Waals surface area (Å²) in [5, 5.41) is 5.99. The average molecular weight is 723 g/mol. The number of para-hydroxylation sites is 3. The lowest BCUT2D eigenvalue weighted by Gasteiger charge is -2.38. The first kappa shape index (κ1) is 34.9. The molecule has 2 atom stereocenters. The molecule has 7 rings (SSSR count). The molecule has 4 N–H and O–H groups in total. The molecule has 0 bridgehead atoms. The molecule has 270 valence electrons. The molecule has 4 amide bonds. The summed E-state index contributed by atoms with van der Waals surface area (Å²) in [6.45, 7) is 2.28. The van der Waals surface area contributed by atoms with E-state index in [0.29, 0.717) is 38.3 Å². The maximum absolute atomic E-state index is 14.1. The first-order chi connectivity index (χ1) is 24.5. The number of aromatic nitrogens is 2. The first-order valence-electron chi connectivity index (χ1n) is 17.5. The molecule has 4 aromatic rings. The highest BCUT2D eigenvalue weighted by Gasteiger charge is 2.37. The molecule has 51 heavy (non-hydrogen) atoms. The van der Waals surface area contributed by atoms with Crippen LogP contribution in [0.3, 0.4) is 0 Å². The lowest BCUT2D eigenvalue weighted by Crippen LogP contribution is -2.52. The van der Waals surface area contributed by atoms with Crippen molar-refractivity contribution in [3.63, 3.8) is 0 Å². The van der Waals surface area contributed by atoms with Crippen molar-refractivity contribution in [2.24, 2.45) is 0 Å². The Labute approximate surface area is 299 Å². The van der Waals surface area contributed by atoms with Gasteiger partial charge in [-0.05, 0) is 93.6 Å². The summed E-state index contributed by atoms with van der Waals surface area (Å²) in [4.78, 5) is 38.1. The van der Waals surface area contributed by atoms with Gasteiger partial charge in [-0.15, -0.1) is 0 Å². The maximum atomic E-state index is 14.1. The van der Waals surface area contributed by atoms with Crippen molar-refractivity contribution in [3.05, 3.63) is 88.2 Å². The standard InChI is InChI=1S/C37H42ClF3N8O2/c1-46-16-7-6-12-32(46)49-31-11-5-4-10-29(31)43-34(49)30(22-23-20-26(37(39,40)41)33(42)27(38)21-23)45-35(50)47-17-14-25(15-18-47)48-19-13-24-8-2-3-9-28(24)44-36(48)51/h2-5,8-11,20-21,25,30,32H,6-7,12-19,22,42H2,1H3,(H,44,51)(H,45,50). The van der Waals surface area contributed by atoms with Gasteiger partial charge in [0, 0.05) is 37.8 Å². The summed E-state index contributed by atoms with van der Waals surface area (Å²) in [5.41, 5.74) is 8.02. The van der Waals surface area contributed by atoms with Gasteiger partial charge in [0.2, 0.25) is 0 Å². The van der Waals surface area contributed by atoms with Crippen LogP contribution in [0.25, 0.3) is 11.0 Å². The molecule has 14 heteroatoms. The summed E-state index contributed by atoms with van der Waals surface area (Å²) in [5.74, 6) is 0.556. The van der Waals surface area contributed by atoms with E-state index in [9.17, 15) is 22.8 Å². The van der Waals surface area contributed by atoms with Gasteiger partial charge in [0.15, 0.2) is 0 Å². The molecule has 0 spiro atoms. The molecule has 2 fully saturated rings. The first-order valence-corrected chi connectivity index (χ1v) is 17.9. The molecular weight excluding hydrogens is 681 g/mol. The van der Waals surface area contributed by atoms with Gasteiger partial charge in [-0.25, -0.2) is 14.6 Å². The fourth-order valence-corrected chi connectivity index (χ4v) is 8.08. The zero-order chi connectivity index (χ0) is 35.9. The van der Waals surface area contributed by atoms with Gasteiger partial charge in [0.05, 0.1) is 39.5 Å². The van der Waals surface area contributed by atoms with Gasteiger partial charge >= 0.3 is 18.2 Å². The molecule has 2 unspecified atom stereocenters. The number of nitrogens with zero attached hydrogens (tertiary/aromatic N) is 5. The number of urea groups is 2. The number of imidazole rings is 1. The monoisotopic (exact) mass is 722 g/mol. The second kappa shape index (κ2) is 14.3. The van der Waals surface area contributed by atoms with Gasteiger partial charge in [-0.1, -0.05) is 41.9 Å². The zero-order valence-electron chi connectivity index (χ0n) is 28.4. The Morgan fingerprint density at radius 3 is 2.55 bits per heavy atom. The number of benzene rings is 3. The Balaban J connectivity index is 1.16. The highest BCUT2D eigenvalue weighted by molar-refractivity contribution is 6.33. The summed E-state index contributed by atoms with van der Waals surface area (Å²) in [7, 11) is 2.05. The van der Waals surface area contributed by atoms with E-state index < -0.39 is 23.5 Å². The number of piperidine rings is 2. The Hall–Kier alpha value is -4.49. The third kappa shape index (κ3) is 7.18. The third-order valence-corrected chi connectivity index (χ3v) is 10.8. The van der Waals surface area contributed by atoms with Crippen LogP contribution in [0.5, 0.6) is 0 Å². The van der Waals surface area contributed by atoms with Crippen molar-refractivity contribution in [2.75, 3.05) is 44.3 Å². The molecule has 3 aliphatic heterocycles. The second-order valence-corrected chi connectivity index (χ2v) is 14.2. The number of carbonyl (C=O) groups is 2. The summed E-state index contributed by atoms with van der Waals surface area (Å²) < 4.78 is 44.2. The number of anilines is 2. The molecule has 4 heterocycles. The van der Waals surface area contributed by atoms with Gasteiger partial charge in [-0.3, -0.25) is 4.90 Å². The smallest absolute Gasteiger partial charge is 0.397 e. The Morgan fingerprint density at radius 2 is 1.78 bits per heavy atom. The Kier molecular flexibility index (Phi) is 9.77. The van der Waals surface area contributed by atoms with Crippen LogP contribution in [0.2, 0.25) is 5.02 Å². The highest BCUT2D eigenvalue weighted by atomic mass is 35.5. The van der Waals surface area contributed by atoms with Crippen LogP contribution >= 0.6 is 11.6 Å². The minimum absolute atomic E-state index is 0.000447. The minimum Gasteiger partial charge on any atom is -0.397 e. The van der Waals surface area contributed by atoms with E-state index >= 15 is 0 Å². The summed E-state index contributed by atoms with van der Waals surface area (Å²) >= 11 is 6.26. The van der Waals surface area contributed by atoms with Crippen molar-refractivity contribution in [1.82, 2.24) is 29.6 Å². The quantitative estimate of drug-likeness (QED) is 0.179. The molecular formula is C37H42ClF3N8O2. The molecule has 0 radical (unpaired) electrons. The van der Waals surface area contributed by atoms with E-state index in [2.05, 4.69) is 27.1 Å². The number of fused-ring (bicyclic) bond motifs is 2. The molecule has 2 saturated heterocycles. The van der Waals surface area contributed by atoms with Crippen LogP contribution in [0.1, 0.15) is 66.8 Å². The summed E-state index contributed by atoms with van der Waals surface area (Å²) in [6.07, 6.45) is 0.0856. The van der Waals surface area contributed by atoms with Crippen LogP contribution in [0.4, 0.5) is 34.1 Å². The van der Waals surface area contributed by atoms with Crippen molar-refractivity contribution < 1.29 is 22.8 Å². The second-order valence-electron chi connectivity index (χ2n) is 13.8. The Bertz CT molecular complexity index is 1930. The van der Waals surface area contributed by atoms with Crippen molar-refractivity contribution >= 4 is 46.1 Å². The maximum Gasteiger partial charge on any atom is 0.418 e. The molecule has 3 aromatic carbocycles. The molecule has 0 aliphatic carbocycles. The van der Waals surface area contributed by atoms with Gasteiger partial charge < -0.3 is 30.7 Å². The lowest BCUT2D eigenvalue weighted by atomic mass is 10.0. The average Bonchev–Trinajstić information content (AvgIpc) is 3.40. The van der Waals surface area contributed by atoms with Crippen LogP contribution in [-0.2, 0) is 19.0 Å². The number of amides is 4. The van der Waals surface area contributed by atoms with E-state index in [4.69, 9.17) is 22.3 Å². The minimum atomic E-state index is -4.71. The molecule has 0 saturated carbocycles. The van der Waals surface area contributed by atoms with E-state index in [1.807, 2.05) is 53.4 Å². The van der Waals surface area contributed by atoms with E-state index in [1.165, 1.54) is 6.07 Å². The number of carbonyl (C=O) groups excluding carboxylic acids is 2. The van der Waals surface area contributed by atoms with Gasteiger partial charge in [-0.2, -0.15) is 13.2 Å². The van der Waals surface area contributed by atoms with Gasteiger partial charge in [0.25, 0.3) is 0 Å². The van der Waals surface area contributed by atoms with Crippen molar-refractivity contribution in [3.8, 4) is 0 Å². The number of likely N-dealkylation sites (tertiary alicyclic amines) is 2. The number of nitrogen functional groups attached to an aromatic ring is 1. The SMILES string of the molecule is CN1CCCCC1n1c(C(Cc2cc(Cl)c(N)c(C(F)(F)F)c2)NC(=O)N2CCC(N3CCc4ccccc4NC3=O)CC2)nc2ccccc21. The van der Waals surface area contributed by atoms with E-state index in [1.54, 1.807) is 4.90 Å². The third-order valence-electron chi connectivity index (χ3n) is 10.5. The lowest BCUT2D eigenvalue weighted by molar-refractivity contribution is -0.137. The fourth-order valence-electron chi connectivity index (χ4n) is 7.83. The number of halogens is 4. The fraction of sp³-hybridized carbons (Fsp3) is 0.432. The molecule has 10 nitrogen and oxygen atoms in total. The number of nitrogens with two attached hydrogens (primary N) is 1. The number of rotatable bonds is 6. The number of alkyl halides is 3. The predicted molar refractivity (Wildman–Crippen MR) is 192 cm³/mol. The van der Waals surface area contributed by atoms with E-state index in [-0.39, 0.29) is 41.3 Å². The van der Waals surface area contributed by atoms with Crippen LogP contribution in [0, 0.1) is 0 Å². The normalized spacial score (nSPS) is 19.8. The Morgan fingerprint density at radius 1 is 1.04 bits per heavy atom. The number of hydrogen-bond acceptors (Lipinski definition) is 5. The van der Waals surface area contributed by atoms with Gasteiger partial charge in [0.1, 0.15) is 5.82 Å². The number of hydrogen-bond donors (Lipinski definition) is 3. The van der Waals surface area contributed by atoms with Crippen molar-refractivity contribution in [1.29, 1.82) is 0 Å². The highest BCUT2D eigenvalue weighted by Crippen LogP contribution is 2.39. The predicted octanol–water partition coefficient (Wildman–Crippen LogP) is 7.45. The van der Waals surface area contributed by atoms with Crippen LogP contribution in [-0.4, -0.2) is 75.6 Å². The van der Waals surface area contributed by atoms with Crippen LogP contribution in [0.15, 0.2) is 60.7 Å². The topological polar surface area (TPSA) is 112 Å². The summed E-state index contributed by atoms with van der Waals surface area (Å²) in [6, 6.07) is 16.6. The number of nitrogens with one attached hydrogen (secondary N) is 2. The molecule has 3 aliphatic rings.